The SMILES string of the molecule is FC(F)C(F)(F)C(F)(F)C(F)(F)C(F)(F)C(F)(F)C(F)(F)C(F)(F)C(F)(F)C(F)(F)C(F)(F)C(F)(F)C(F)(F)C(F)(F)C(F)(F)C(F)(F)C(F)(F)C(F)(F)C(F)(F)C(F)(F)C(F)(F)F. The molecular formula is C21HF43. The van der Waals surface area contributed by atoms with Crippen molar-refractivity contribution in [3.63, 3.8) is 0 Å². The van der Waals surface area contributed by atoms with Crippen molar-refractivity contribution in [3.8, 4) is 0 Å². The molecule has 64 heavy (non-hydrogen) atoms. The van der Waals surface area contributed by atoms with Gasteiger partial charge in [0.05, 0.1) is 0 Å². The molecule has 0 aromatic rings. The molecule has 0 aromatic carbocycles. The van der Waals surface area contributed by atoms with E-state index >= 15 is 0 Å². The van der Waals surface area contributed by atoms with Gasteiger partial charge in [0.1, 0.15) is 0 Å². The minimum absolute atomic E-state index is 6.64. The predicted molar refractivity (Wildman–Crippen MR) is 106 cm³/mol. The van der Waals surface area contributed by atoms with Crippen LogP contribution in [0, 0.1) is 0 Å². The Morgan fingerprint density at radius 1 is 0.141 bits per heavy atom. The Kier molecular flexibility index (Phi) is 13.8. The van der Waals surface area contributed by atoms with Gasteiger partial charge in [0.2, 0.25) is 0 Å². The fraction of sp³-hybridized carbons (Fsp3) is 1.00. The molecule has 0 N–H and O–H groups in total. The van der Waals surface area contributed by atoms with E-state index in [1.165, 1.54) is 0 Å². The second-order valence-corrected chi connectivity index (χ2v) is 11.8. The average Bonchev–Trinajstić information content (AvgIpc) is 3.05. The molecule has 0 bridgehead atoms. The Hall–Kier alpha value is -3.01. The Balaban J connectivity index is 8.01. The summed E-state index contributed by atoms with van der Waals surface area (Å²) in [5.41, 5.74) is 0. The molecular weight excluding hydrogens is 1070 g/mol. The lowest BCUT2D eigenvalue weighted by atomic mass is 9.81. The molecule has 0 unspecified atom stereocenters. The lowest BCUT2D eigenvalue weighted by Gasteiger charge is -2.47. The third kappa shape index (κ3) is 6.55. The first-order valence-electron chi connectivity index (χ1n) is 13.2. The second-order valence-electron chi connectivity index (χ2n) is 11.8. The zero-order chi connectivity index (χ0) is 53.6. The minimum Gasteiger partial charge on any atom is -0.203 e. The minimum atomic E-state index is -10.7. The third-order valence-corrected chi connectivity index (χ3v) is 7.75. The quantitative estimate of drug-likeness (QED) is 0.113. The Labute approximate surface area is 315 Å². The average molecular weight is 1070 g/mol. The third-order valence-electron chi connectivity index (χ3n) is 7.75. The van der Waals surface area contributed by atoms with Gasteiger partial charge in [-0.2, -0.15) is 180 Å². The fourth-order valence-corrected chi connectivity index (χ4v) is 3.68. The molecule has 0 saturated carbocycles. The van der Waals surface area contributed by atoms with Crippen LogP contribution in [-0.4, -0.2) is 125 Å². The molecule has 43 heteroatoms. The number of hydrogen-bond donors (Lipinski definition) is 0. The molecule has 0 aliphatic heterocycles. The van der Waals surface area contributed by atoms with Crippen LogP contribution in [0.5, 0.6) is 0 Å². The topological polar surface area (TPSA) is 0 Å². The number of hydrogen-bond acceptors (Lipinski definition) is 0. The maximum absolute atomic E-state index is 13.9. The van der Waals surface area contributed by atoms with Crippen LogP contribution in [0.2, 0.25) is 0 Å². The van der Waals surface area contributed by atoms with Gasteiger partial charge in [0, 0.05) is 0 Å². The summed E-state index contributed by atoms with van der Waals surface area (Å²) in [5.74, 6) is -192. The summed E-state index contributed by atoms with van der Waals surface area (Å²) in [6, 6.07) is 0. The van der Waals surface area contributed by atoms with E-state index in [0.717, 1.165) is 0 Å². The first-order chi connectivity index (χ1) is 26.7. The van der Waals surface area contributed by atoms with Crippen LogP contribution in [0.4, 0.5) is 189 Å². The smallest absolute Gasteiger partial charge is 0.203 e. The molecule has 0 amide bonds. The Morgan fingerprint density at radius 2 is 0.234 bits per heavy atom. The monoisotopic (exact) mass is 1070 g/mol. The van der Waals surface area contributed by atoms with Crippen LogP contribution in [0.15, 0.2) is 0 Å². The molecule has 0 atom stereocenters. The van der Waals surface area contributed by atoms with Gasteiger partial charge in [-0.1, -0.05) is 0 Å². The maximum atomic E-state index is 13.9. The summed E-state index contributed by atoms with van der Waals surface area (Å²) >= 11 is 0. The largest absolute Gasteiger partial charge is 0.460 e. The molecule has 386 valence electrons. The van der Waals surface area contributed by atoms with E-state index in [9.17, 15) is 189 Å². The Bertz CT molecular complexity index is 1680. The maximum Gasteiger partial charge on any atom is 0.460 e. The standard InChI is InChI=1S/C21HF43/c22-1(23)2(24,25)3(26,27)4(28,29)5(30,31)6(32,33)7(34,35)8(36,37)9(38,39)10(40,41)11(42,43)12(44,45)13(46,47)14(48,49)15(50,51)16(52,53)17(54,55)18(56,57)19(58,59)20(60,61)21(62,63)64/h1H. The molecule has 0 aliphatic rings. The van der Waals surface area contributed by atoms with E-state index in [1.54, 1.807) is 0 Å². The van der Waals surface area contributed by atoms with E-state index in [1.807, 2.05) is 0 Å². The van der Waals surface area contributed by atoms with Crippen LogP contribution in [0.25, 0.3) is 0 Å². The predicted octanol–water partition coefficient (Wildman–Crippen LogP) is 13.9. The van der Waals surface area contributed by atoms with Gasteiger partial charge >= 0.3 is 125 Å². The zero-order valence-corrected chi connectivity index (χ0v) is 26.8. The molecule has 0 rings (SSSR count). The summed E-state index contributed by atoms with van der Waals surface area (Å²) < 4.78 is 577. The summed E-state index contributed by atoms with van der Waals surface area (Å²) in [4.78, 5) is 0. The van der Waals surface area contributed by atoms with E-state index in [0.29, 0.717) is 0 Å². The van der Waals surface area contributed by atoms with Crippen LogP contribution < -0.4 is 0 Å². The highest BCUT2D eigenvalue weighted by atomic mass is 19.4. The number of rotatable bonds is 19. The number of halogens is 43. The molecule has 0 spiro atoms. The van der Waals surface area contributed by atoms with Gasteiger partial charge in [0.25, 0.3) is 0 Å². The summed E-state index contributed by atoms with van der Waals surface area (Å²) in [6.07, 6.45) is -15.2. The van der Waals surface area contributed by atoms with Crippen molar-refractivity contribution >= 4 is 0 Å². The first kappa shape index (κ1) is 61.0. The van der Waals surface area contributed by atoms with Gasteiger partial charge in [-0.05, 0) is 0 Å². The van der Waals surface area contributed by atoms with E-state index in [-0.39, 0.29) is 0 Å². The van der Waals surface area contributed by atoms with Crippen molar-refractivity contribution in [2.75, 3.05) is 0 Å². The van der Waals surface area contributed by atoms with Crippen molar-refractivity contribution in [1.29, 1.82) is 0 Å². The van der Waals surface area contributed by atoms with Gasteiger partial charge in [-0.25, -0.2) is 8.78 Å². The molecule has 0 fully saturated rings. The lowest BCUT2D eigenvalue weighted by Crippen LogP contribution is -2.80. The summed E-state index contributed by atoms with van der Waals surface area (Å²) in [6.45, 7) is 0. The van der Waals surface area contributed by atoms with Crippen molar-refractivity contribution < 1.29 is 189 Å². The second kappa shape index (κ2) is 14.5. The van der Waals surface area contributed by atoms with Crippen LogP contribution >= 0.6 is 0 Å². The Morgan fingerprint density at radius 3 is 0.328 bits per heavy atom. The van der Waals surface area contributed by atoms with E-state index < -0.39 is 125 Å². The first-order valence-corrected chi connectivity index (χ1v) is 13.2. The van der Waals surface area contributed by atoms with Gasteiger partial charge in [-0.15, -0.1) is 0 Å². The van der Waals surface area contributed by atoms with Gasteiger partial charge < -0.3 is 0 Å². The highest BCUT2D eigenvalue weighted by Gasteiger charge is 3.03. The molecule has 0 aromatic heterocycles. The highest BCUT2D eigenvalue weighted by molar-refractivity contribution is 5.23. The van der Waals surface area contributed by atoms with Crippen molar-refractivity contribution in [1.82, 2.24) is 0 Å². The summed E-state index contributed by atoms with van der Waals surface area (Å²) in [7, 11) is 0. The fourth-order valence-electron chi connectivity index (χ4n) is 3.68. The lowest BCUT2D eigenvalue weighted by molar-refractivity contribution is -0.496. The molecule has 0 radical (unpaired) electrons. The van der Waals surface area contributed by atoms with Crippen LogP contribution in [0.1, 0.15) is 0 Å². The van der Waals surface area contributed by atoms with Crippen molar-refractivity contribution in [3.05, 3.63) is 0 Å². The molecule has 0 nitrogen and oxygen atoms in total. The zero-order valence-electron chi connectivity index (χ0n) is 26.8. The van der Waals surface area contributed by atoms with E-state index in [4.69, 9.17) is 0 Å². The van der Waals surface area contributed by atoms with Crippen LogP contribution in [-0.2, 0) is 0 Å². The van der Waals surface area contributed by atoms with Gasteiger partial charge in [-0.3, -0.25) is 0 Å². The molecule has 0 heterocycles. The van der Waals surface area contributed by atoms with Crippen molar-refractivity contribution in [2.45, 2.75) is 125 Å². The highest BCUT2D eigenvalue weighted by Crippen LogP contribution is 2.71. The van der Waals surface area contributed by atoms with Crippen molar-refractivity contribution in [2.24, 2.45) is 0 Å². The number of alkyl halides is 43. The van der Waals surface area contributed by atoms with Crippen LogP contribution in [0.3, 0.4) is 0 Å². The molecule has 0 aliphatic carbocycles. The van der Waals surface area contributed by atoms with E-state index in [2.05, 4.69) is 0 Å². The normalized spacial score (nSPS) is 17.4. The molecule has 0 saturated heterocycles. The summed E-state index contributed by atoms with van der Waals surface area (Å²) in [5, 5.41) is 0. The van der Waals surface area contributed by atoms with Gasteiger partial charge in [0.15, 0.2) is 0 Å².